The number of hydrogen-bond acceptors (Lipinski definition) is 4. The molecule has 114 valence electrons. The molecule has 1 atom stereocenters. The monoisotopic (exact) mass is 301 g/mol. The Kier molecular flexibility index (Phi) is 6.81. The molecule has 20 heavy (non-hydrogen) atoms. The molecule has 0 spiro atoms. The lowest BCUT2D eigenvalue weighted by Gasteiger charge is -2.12. The van der Waals surface area contributed by atoms with E-state index in [1.807, 2.05) is 38.1 Å². The molecule has 0 aromatic heterocycles. The van der Waals surface area contributed by atoms with Crippen LogP contribution in [0.25, 0.3) is 0 Å². The second kappa shape index (κ2) is 8.11. The number of benzene rings is 1. The molecule has 5 nitrogen and oxygen atoms in total. The van der Waals surface area contributed by atoms with Gasteiger partial charge in [0.05, 0.1) is 19.0 Å². The zero-order valence-corrected chi connectivity index (χ0v) is 12.9. The Morgan fingerprint density at radius 3 is 2.45 bits per heavy atom. The van der Waals surface area contributed by atoms with E-state index in [9.17, 15) is 8.42 Å². The van der Waals surface area contributed by atoms with Gasteiger partial charge in [0, 0.05) is 6.07 Å². The van der Waals surface area contributed by atoms with Gasteiger partial charge in [0.2, 0.25) is 10.0 Å². The molecule has 0 heterocycles. The van der Waals surface area contributed by atoms with Gasteiger partial charge >= 0.3 is 0 Å². The summed E-state index contributed by atoms with van der Waals surface area (Å²) in [6.45, 7) is 5.08. The maximum Gasteiger partial charge on any atom is 0.209 e. The highest BCUT2D eigenvalue weighted by Gasteiger charge is 2.08. The standard InChI is InChI=1S/C14H23NO4S/c1-3-18-13-5-4-6-14(11-13)19-9-7-12(2)8-10-20(15,16)17/h4-6,11-12H,3,7-10H2,1-2H3,(H2,15,16,17). The van der Waals surface area contributed by atoms with Crippen LogP contribution in [0.2, 0.25) is 0 Å². The van der Waals surface area contributed by atoms with Crippen molar-refractivity contribution in [2.24, 2.45) is 11.1 Å². The fourth-order valence-electron chi connectivity index (χ4n) is 1.71. The van der Waals surface area contributed by atoms with Crippen LogP contribution < -0.4 is 14.6 Å². The van der Waals surface area contributed by atoms with E-state index in [1.165, 1.54) is 0 Å². The SMILES string of the molecule is CCOc1cccc(OCCC(C)CCS(N)(=O)=O)c1. The van der Waals surface area contributed by atoms with Gasteiger partial charge in [-0.2, -0.15) is 0 Å². The number of primary sulfonamides is 1. The second-order valence-electron chi connectivity index (χ2n) is 4.81. The molecule has 2 N–H and O–H groups in total. The van der Waals surface area contributed by atoms with Crippen LogP contribution >= 0.6 is 0 Å². The Labute approximate surface area is 121 Å². The van der Waals surface area contributed by atoms with Crippen molar-refractivity contribution in [1.82, 2.24) is 0 Å². The van der Waals surface area contributed by atoms with E-state index in [2.05, 4.69) is 0 Å². The third kappa shape index (κ3) is 7.35. The van der Waals surface area contributed by atoms with Crippen LogP contribution in [0.4, 0.5) is 0 Å². The van der Waals surface area contributed by atoms with E-state index in [-0.39, 0.29) is 11.7 Å². The minimum Gasteiger partial charge on any atom is -0.494 e. The summed E-state index contributed by atoms with van der Waals surface area (Å²) in [5.74, 6) is 1.82. The molecule has 0 saturated carbocycles. The number of sulfonamides is 1. The largest absolute Gasteiger partial charge is 0.494 e. The molecule has 0 fully saturated rings. The zero-order chi connectivity index (χ0) is 15.0. The van der Waals surface area contributed by atoms with E-state index >= 15 is 0 Å². The molecule has 0 aliphatic heterocycles. The van der Waals surface area contributed by atoms with Crippen molar-refractivity contribution in [3.8, 4) is 11.5 Å². The lowest BCUT2D eigenvalue weighted by molar-refractivity contribution is 0.278. The maximum absolute atomic E-state index is 10.9. The van der Waals surface area contributed by atoms with E-state index in [4.69, 9.17) is 14.6 Å². The van der Waals surface area contributed by atoms with Crippen LogP contribution in [0.3, 0.4) is 0 Å². The summed E-state index contributed by atoms with van der Waals surface area (Å²) in [5.41, 5.74) is 0. The highest BCUT2D eigenvalue weighted by molar-refractivity contribution is 7.89. The number of ether oxygens (including phenoxy) is 2. The molecule has 0 radical (unpaired) electrons. The Morgan fingerprint density at radius 2 is 1.85 bits per heavy atom. The summed E-state index contributed by atoms with van der Waals surface area (Å²) in [6.07, 6.45) is 1.34. The molecule has 1 rings (SSSR count). The van der Waals surface area contributed by atoms with Crippen molar-refractivity contribution >= 4 is 10.0 Å². The minimum atomic E-state index is -3.37. The molecule has 0 amide bonds. The molecule has 1 aromatic carbocycles. The average molecular weight is 301 g/mol. The molecular weight excluding hydrogens is 278 g/mol. The van der Waals surface area contributed by atoms with Crippen LogP contribution in [0.5, 0.6) is 11.5 Å². The lowest BCUT2D eigenvalue weighted by atomic mass is 10.1. The van der Waals surface area contributed by atoms with Crippen molar-refractivity contribution in [2.45, 2.75) is 26.7 Å². The van der Waals surface area contributed by atoms with Gasteiger partial charge in [-0.3, -0.25) is 0 Å². The quantitative estimate of drug-likeness (QED) is 0.758. The van der Waals surface area contributed by atoms with Gasteiger partial charge in [0.15, 0.2) is 0 Å². The Morgan fingerprint density at radius 1 is 1.20 bits per heavy atom. The van der Waals surface area contributed by atoms with Gasteiger partial charge in [0.1, 0.15) is 11.5 Å². The van der Waals surface area contributed by atoms with Crippen molar-refractivity contribution < 1.29 is 17.9 Å². The Balaban J connectivity index is 2.31. The van der Waals surface area contributed by atoms with Crippen LogP contribution in [-0.2, 0) is 10.0 Å². The topological polar surface area (TPSA) is 78.6 Å². The van der Waals surface area contributed by atoms with E-state index in [0.29, 0.717) is 19.6 Å². The van der Waals surface area contributed by atoms with Gasteiger partial charge in [-0.05, 0) is 37.8 Å². The highest BCUT2D eigenvalue weighted by atomic mass is 32.2. The molecule has 0 aliphatic rings. The van der Waals surface area contributed by atoms with Crippen LogP contribution in [0.1, 0.15) is 26.7 Å². The average Bonchev–Trinajstić information content (AvgIpc) is 2.36. The lowest BCUT2D eigenvalue weighted by Crippen LogP contribution is -2.18. The van der Waals surface area contributed by atoms with Gasteiger partial charge in [0.25, 0.3) is 0 Å². The fraction of sp³-hybridized carbons (Fsp3) is 0.571. The maximum atomic E-state index is 10.9. The van der Waals surface area contributed by atoms with E-state index in [0.717, 1.165) is 17.9 Å². The molecule has 1 aromatic rings. The molecule has 0 saturated heterocycles. The van der Waals surface area contributed by atoms with Crippen molar-refractivity contribution in [3.05, 3.63) is 24.3 Å². The highest BCUT2D eigenvalue weighted by Crippen LogP contribution is 2.20. The first kappa shape index (κ1) is 16.8. The van der Waals surface area contributed by atoms with E-state index in [1.54, 1.807) is 0 Å². The Bertz CT molecular complexity index is 502. The summed E-state index contributed by atoms with van der Waals surface area (Å²) in [7, 11) is -3.37. The first-order valence-corrected chi connectivity index (χ1v) is 8.48. The molecule has 0 aliphatic carbocycles. The molecule has 6 heteroatoms. The van der Waals surface area contributed by atoms with Gasteiger partial charge in [-0.15, -0.1) is 0 Å². The third-order valence-corrected chi connectivity index (χ3v) is 3.70. The first-order chi connectivity index (χ1) is 9.40. The molecule has 1 unspecified atom stereocenters. The van der Waals surface area contributed by atoms with Crippen molar-refractivity contribution in [1.29, 1.82) is 0 Å². The predicted molar refractivity (Wildman–Crippen MR) is 79.5 cm³/mol. The smallest absolute Gasteiger partial charge is 0.209 e. The first-order valence-electron chi connectivity index (χ1n) is 6.77. The van der Waals surface area contributed by atoms with Gasteiger partial charge < -0.3 is 9.47 Å². The summed E-state index contributed by atoms with van der Waals surface area (Å²) >= 11 is 0. The molecule has 0 bridgehead atoms. The molecular formula is C14H23NO4S. The summed E-state index contributed by atoms with van der Waals surface area (Å²) in [5, 5.41) is 4.98. The van der Waals surface area contributed by atoms with Crippen LogP contribution in [-0.4, -0.2) is 27.4 Å². The van der Waals surface area contributed by atoms with Gasteiger partial charge in [-0.1, -0.05) is 13.0 Å². The number of rotatable bonds is 9. The van der Waals surface area contributed by atoms with Gasteiger partial charge in [-0.25, -0.2) is 13.6 Å². The normalized spacial score (nSPS) is 12.9. The third-order valence-electron chi connectivity index (χ3n) is 2.89. The fourth-order valence-corrected chi connectivity index (χ4v) is 2.44. The minimum absolute atomic E-state index is 0.0218. The summed E-state index contributed by atoms with van der Waals surface area (Å²) in [4.78, 5) is 0. The zero-order valence-electron chi connectivity index (χ0n) is 12.0. The number of hydrogen-bond donors (Lipinski definition) is 1. The van der Waals surface area contributed by atoms with Crippen LogP contribution in [0.15, 0.2) is 24.3 Å². The summed E-state index contributed by atoms with van der Waals surface area (Å²) in [6, 6.07) is 7.48. The number of nitrogens with two attached hydrogens (primary N) is 1. The second-order valence-corrected chi connectivity index (χ2v) is 6.54. The van der Waals surface area contributed by atoms with Crippen LogP contribution in [0, 0.1) is 5.92 Å². The van der Waals surface area contributed by atoms with Crippen molar-refractivity contribution in [2.75, 3.05) is 19.0 Å². The summed E-state index contributed by atoms with van der Waals surface area (Å²) < 4.78 is 32.7. The van der Waals surface area contributed by atoms with Crippen molar-refractivity contribution in [3.63, 3.8) is 0 Å². The van der Waals surface area contributed by atoms with E-state index < -0.39 is 10.0 Å². The predicted octanol–water partition coefficient (Wildman–Crippen LogP) is 2.17. The Hall–Kier alpha value is -1.27.